The van der Waals surface area contributed by atoms with Crippen molar-refractivity contribution in [2.75, 3.05) is 5.75 Å². The molecular formula is C20H27N5O2S. The molecule has 3 rings (SSSR count). The summed E-state index contributed by atoms with van der Waals surface area (Å²) in [6.45, 7) is 2.49. The number of thioether (sulfide) groups is 1. The number of carbonyl (C=O) groups is 2. The number of benzene rings is 1. The van der Waals surface area contributed by atoms with E-state index in [0.717, 1.165) is 6.42 Å². The Morgan fingerprint density at radius 2 is 1.93 bits per heavy atom. The van der Waals surface area contributed by atoms with Crippen molar-refractivity contribution in [2.24, 2.45) is 13.0 Å². The number of hydrogen-bond acceptors (Lipinski definition) is 5. The van der Waals surface area contributed by atoms with Crippen LogP contribution in [0.5, 0.6) is 0 Å². The Balaban J connectivity index is 1.47. The summed E-state index contributed by atoms with van der Waals surface area (Å²) in [5.74, 6) is 1.38. The number of nitrogens with one attached hydrogen (secondary N) is 2. The monoisotopic (exact) mass is 401 g/mol. The van der Waals surface area contributed by atoms with E-state index in [4.69, 9.17) is 0 Å². The van der Waals surface area contributed by atoms with Crippen molar-refractivity contribution < 1.29 is 9.59 Å². The Bertz CT molecular complexity index is 808. The molecule has 0 aliphatic heterocycles. The maximum Gasteiger partial charge on any atom is 0.251 e. The standard InChI is InChI=1S/C20H27N5O2S/c1-14-8-6-7-11-16(14)22-18(26)13-28-20-24-23-17(25(20)2)12-21-19(27)15-9-4-3-5-10-15/h3-5,9-10,14,16H,6-8,11-13H2,1-2H3,(H,21,27)(H,22,26)/t14-,16+/m0/s1. The Hall–Kier alpha value is -2.35. The predicted octanol–water partition coefficient (Wildman–Crippen LogP) is 2.53. The molecule has 150 valence electrons. The van der Waals surface area contributed by atoms with E-state index < -0.39 is 0 Å². The van der Waals surface area contributed by atoms with Gasteiger partial charge in [0.05, 0.1) is 12.3 Å². The molecule has 1 heterocycles. The van der Waals surface area contributed by atoms with Crippen LogP contribution in [-0.2, 0) is 18.4 Å². The minimum Gasteiger partial charge on any atom is -0.352 e. The lowest BCUT2D eigenvalue weighted by Crippen LogP contribution is -2.41. The highest BCUT2D eigenvalue weighted by Gasteiger charge is 2.23. The van der Waals surface area contributed by atoms with Crippen LogP contribution in [0.1, 0.15) is 48.8 Å². The van der Waals surface area contributed by atoms with Crippen molar-refractivity contribution in [3.05, 3.63) is 41.7 Å². The van der Waals surface area contributed by atoms with E-state index in [1.165, 1.54) is 31.0 Å². The van der Waals surface area contributed by atoms with E-state index >= 15 is 0 Å². The fraction of sp³-hybridized carbons (Fsp3) is 0.500. The van der Waals surface area contributed by atoms with Crippen LogP contribution >= 0.6 is 11.8 Å². The SMILES string of the molecule is C[C@H]1CCCC[C@H]1NC(=O)CSc1nnc(CNC(=O)c2ccccc2)n1C. The number of amides is 2. The molecule has 7 nitrogen and oxygen atoms in total. The van der Waals surface area contributed by atoms with E-state index in [2.05, 4.69) is 27.8 Å². The third-order valence-corrected chi connectivity index (χ3v) is 6.18. The lowest BCUT2D eigenvalue weighted by atomic mass is 9.86. The molecule has 2 atom stereocenters. The molecular weight excluding hydrogens is 374 g/mol. The van der Waals surface area contributed by atoms with Crippen LogP contribution in [0.4, 0.5) is 0 Å². The van der Waals surface area contributed by atoms with Gasteiger partial charge in [0.15, 0.2) is 11.0 Å². The molecule has 0 spiro atoms. The van der Waals surface area contributed by atoms with Crippen LogP contribution in [0.25, 0.3) is 0 Å². The van der Waals surface area contributed by atoms with Crippen LogP contribution in [0, 0.1) is 5.92 Å². The molecule has 2 amide bonds. The van der Waals surface area contributed by atoms with E-state index in [0.29, 0.717) is 28.2 Å². The van der Waals surface area contributed by atoms with Crippen molar-refractivity contribution in [1.82, 2.24) is 25.4 Å². The first-order chi connectivity index (χ1) is 13.5. The largest absolute Gasteiger partial charge is 0.352 e. The van der Waals surface area contributed by atoms with Gasteiger partial charge in [-0.25, -0.2) is 0 Å². The van der Waals surface area contributed by atoms with Gasteiger partial charge in [-0.2, -0.15) is 0 Å². The minimum absolute atomic E-state index is 0.0330. The number of carbonyl (C=O) groups excluding carboxylic acids is 2. The zero-order valence-corrected chi connectivity index (χ0v) is 17.2. The second kappa shape index (κ2) is 9.73. The third-order valence-electron chi connectivity index (χ3n) is 5.16. The zero-order chi connectivity index (χ0) is 19.9. The highest BCUT2D eigenvalue weighted by Crippen LogP contribution is 2.24. The lowest BCUT2D eigenvalue weighted by Gasteiger charge is -2.29. The van der Waals surface area contributed by atoms with Gasteiger partial charge in [-0.05, 0) is 30.9 Å². The van der Waals surface area contributed by atoms with E-state index in [9.17, 15) is 9.59 Å². The molecule has 1 aliphatic carbocycles. The molecule has 1 fully saturated rings. The van der Waals surface area contributed by atoms with Crippen molar-refractivity contribution >= 4 is 23.6 Å². The molecule has 0 unspecified atom stereocenters. The van der Waals surface area contributed by atoms with Crippen LogP contribution < -0.4 is 10.6 Å². The lowest BCUT2D eigenvalue weighted by molar-refractivity contribution is -0.119. The summed E-state index contributed by atoms with van der Waals surface area (Å²) < 4.78 is 1.81. The molecule has 1 aromatic heterocycles. The van der Waals surface area contributed by atoms with Crippen LogP contribution in [0.15, 0.2) is 35.5 Å². The van der Waals surface area contributed by atoms with Crippen LogP contribution in [0.2, 0.25) is 0 Å². The van der Waals surface area contributed by atoms with E-state index in [-0.39, 0.29) is 24.4 Å². The molecule has 28 heavy (non-hydrogen) atoms. The molecule has 0 saturated heterocycles. The van der Waals surface area contributed by atoms with Gasteiger partial charge < -0.3 is 15.2 Å². The van der Waals surface area contributed by atoms with Crippen molar-refractivity contribution in [3.63, 3.8) is 0 Å². The van der Waals surface area contributed by atoms with Crippen molar-refractivity contribution in [1.29, 1.82) is 0 Å². The van der Waals surface area contributed by atoms with Gasteiger partial charge in [0.25, 0.3) is 5.91 Å². The Morgan fingerprint density at radius 1 is 1.18 bits per heavy atom. The van der Waals surface area contributed by atoms with Gasteiger partial charge in [0.1, 0.15) is 0 Å². The number of nitrogens with zero attached hydrogens (tertiary/aromatic N) is 3. The summed E-state index contributed by atoms with van der Waals surface area (Å²) in [5.41, 5.74) is 0.605. The van der Waals surface area contributed by atoms with Crippen LogP contribution in [0.3, 0.4) is 0 Å². The average molecular weight is 402 g/mol. The predicted molar refractivity (Wildman–Crippen MR) is 109 cm³/mol. The molecule has 2 N–H and O–H groups in total. The first kappa shape index (κ1) is 20.4. The summed E-state index contributed by atoms with van der Waals surface area (Å²) in [5, 5.41) is 14.9. The molecule has 8 heteroatoms. The molecule has 2 aromatic rings. The second-order valence-corrected chi connectivity index (χ2v) is 8.17. The second-order valence-electron chi connectivity index (χ2n) is 7.23. The summed E-state index contributed by atoms with van der Waals surface area (Å²) >= 11 is 1.36. The molecule has 1 aromatic carbocycles. The fourth-order valence-corrected chi connectivity index (χ4v) is 4.13. The molecule has 0 radical (unpaired) electrons. The number of rotatable bonds is 7. The summed E-state index contributed by atoms with van der Waals surface area (Å²) in [4.78, 5) is 24.4. The fourth-order valence-electron chi connectivity index (χ4n) is 3.38. The van der Waals surface area contributed by atoms with Crippen molar-refractivity contribution in [3.8, 4) is 0 Å². The topological polar surface area (TPSA) is 88.9 Å². The van der Waals surface area contributed by atoms with E-state index in [1.54, 1.807) is 12.1 Å². The third kappa shape index (κ3) is 5.34. The maximum atomic E-state index is 12.3. The van der Waals surface area contributed by atoms with Gasteiger partial charge in [-0.1, -0.05) is 49.7 Å². The Morgan fingerprint density at radius 3 is 2.68 bits per heavy atom. The summed E-state index contributed by atoms with van der Waals surface area (Å²) in [7, 11) is 1.84. The van der Waals surface area contributed by atoms with E-state index in [1.807, 2.05) is 29.8 Å². The highest BCUT2D eigenvalue weighted by molar-refractivity contribution is 7.99. The molecule has 1 saturated carbocycles. The Kier molecular flexibility index (Phi) is 7.08. The number of aromatic nitrogens is 3. The average Bonchev–Trinajstić information content (AvgIpc) is 3.06. The summed E-state index contributed by atoms with van der Waals surface area (Å²) in [6.07, 6.45) is 4.68. The highest BCUT2D eigenvalue weighted by atomic mass is 32.2. The van der Waals surface area contributed by atoms with Gasteiger partial charge in [-0.15, -0.1) is 10.2 Å². The minimum atomic E-state index is -0.154. The normalized spacial score (nSPS) is 19.2. The molecule has 0 bridgehead atoms. The Labute approximate surface area is 169 Å². The van der Waals surface area contributed by atoms with Gasteiger partial charge in [0, 0.05) is 18.7 Å². The zero-order valence-electron chi connectivity index (χ0n) is 16.4. The number of hydrogen-bond donors (Lipinski definition) is 2. The van der Waals surface area contributed by atoms with Crippen LogP contribution in [-0.4, -0.2) is 38.4 Å². The van der Waals surface area contributed by atoms with Gasteiger partial charge in [-0.3, -0.25) is 9.59 Å². The molecule has 1 aliphatic rings. The van der Waals surface area contributed by atoms with Gasteiger partial charge >= 0.3 is 0 Å². The first-order valence-electron chi connectivity index (χ1n) is 9.68. The van der Waals surface area contributed by atoms with Gasteiger partial charge in [0.2, 0.25) is 5.91 Å². The summed E-state index contributed by atoms with van der Waals surface area (Å²) in [6, 6.07) is 9.33. The quantitative estimate of drug-likeness (QED) is 0.696. The van der Waals surface area contributed by atoms with Crippen molar-refractivity contribution in [2.45, 2.75) is 50.4 Å². The maximum absolute atomic E-state index is 12.3. The smallest absolute Gasteiger partial charge is 0.251 e. The first-order valence-corrected chi connectivity index (χ1v) is 10.7.